The lowest BCUT2D eigenvalue weighted by molar-refractivity contribution is 0.602. The molecular formula is C11H14N2O2S. The number of hydrogen-bond acceptors (Lipinski definition) is 3. The van der Waals surface area contributed by atoms with E-state index in [2.05, 4.69) is 4.98 Å². The molecule has 1 aromatic carbocycles. The van der Waals surface area contributed by atoms with Crippen LogP contribution < -0.4 is 5.73 Å². The molecule has 3 N–H and O–H groups in total. The third-order valence-corrected chi connectivity index (χ3v) is 3.60. The van der Waals surface area contributed by atoms with E-state index in [4.69, 9.17) is 5.73 Å². The third-order valence-electron chi connectivity index (χ3n) is 2.49. The predicted molar refractivity (Wildman–Crippen MR) is 64.2 cm³/mol. The van der Waals surface area contributed by atoms with Gasteiger partial charge in [-0.25, -0.2) is 8.42 Å². The van der Waals surface area contributed by atoms with Crippen molar-refractivity contribution in [1.82, 2.24) is 4.98 Å². The molecule has 0 saturated carbocycles. The summed E-state index contributed by atoms with van der Waals surface area (Å²) in [7, 11) is -3.14. The number of rotatable bonds is 3. The van der Waals surface area contributed by atoms with E-state index in [0.29, 0.717) is 11.4 Å². The van der Waals surface area contributed by atoms with Crippen LogP contribution in [0.5, 0.6) is 0 Å². The van der Waals surface area contributed by atoms with Gasteiger partial charge in [0.25, 0.3) is 0 Å². The Kier molecular flexibility index (Phi) is 2.73. The molecule has 0 aliphatic carbocycles. The molecule has 2 rings (SSSR count). The molecule has 0 saturated heterocycles. The zero-order valence-corrected chi connectivity index (χ0v) is 9.84. The summed E-state index contributed by atoms with van der Waals surface area (Å²) in [5.41, 5.74) is 7.34. The van der Waals surface area contributed by atoms with Crippen LogP contribution in [0.3, 0.4) is 0 Å². The van der Waals surface area contributed by atoms with Crippen LogP contribution in [0.1, 0.15) is 5.69 Å². The number of aromatic nitrogens is 1. The summed E-state index contributed by atoms with van der Waals surface area (Å²) in [4.78, 5) is 3.50. The molecule has 0 radical (unpaired) electrons. The molecule has 0 unspecified atom stereocenters. The van der Waals surface area contributed by atoms with Crippen LogP contribution in [0.2, 0.25) is 0 Å². The van der Waals surface area contributed by atoms with Gasteiger partial charge in [-0.1, -0.05) is 6.07 Å². The Morgan fingerprint density at radius 2 is 2.06 bits per heavy atom. The fourth-order valence-electron chi connectivity index (χ4n) is 1.69. The van der Waals surface area contributed by atoms with Crippen molar-refractivity contribution in [3.8, 4) is 0 Å². The lowest BCUT2D eigenvalue weighted by atomic mass is 10.2. The van der Waals surface area contributed by atoms with E-state index < -0.39 is 9.84 Å². The monoisotopic (exact) mass is 238 g/mol. The van der Waals surface area contributed by atoms with Gasteiger partial charge in [-0.2, -0.15) is 0 Å². The van der Waals surface area contributed by atoms with Gasteiger partial charge in [0.1, 0.15) is 0 Å². The highest BCUT2D eigenvalue weighted by atomic mass is 32.2. The first-order valence-corrected chi connectivity index (χ1v) is 6.91. The van der Waals surface area contributed by atoms with Gasteiger partial charge < -0.3 is 10.7 Å². The number of nitrogens with two attached hydrogens (primary N) is 1. The van der Waals surface area contributed by atoms with Gasteiger partial charge in [-0.05, 0) is 36.6 Å². The van der Waals surface area contributed by atoms with Crippen molar-refractivity contribution in [2.45, 2.75) is 11.3 Å². The number of H-pyrrole nitrogens is 1. The highest BCUT2D eigenvalue weighted by molar-refractivity contribution is 7.90. The average molecular weight is 238 g/mol. The summed E-state index contributed by atoms with van der Waals surface area (Å²) in [6.07, 6.45) is 1.97. The second-order valence-electron chi connectivity index (χ2n) is 3.85. The standard InChI is InChI=1S/C11H14N2O2S/c1-16(14,15)10-3-2-8-6-9(4-5-12)13-11(8)7-10/h2-3,6-7,13H,4-5,12H2,1H3. The van der Waals surface area contributed by atoms with Crippen molar-refractivity contribution >= 4 is 20.7 Å². The Morgan fingerprint density at radius 1 is 1.31 bits per heavy atom. The normalized spacial score (nSPS) is 12.1. The van der Waals surface area contributed by atoms with E-state index >= 15 is 0 Å². The Morgan fingerprint density at radius 3 is 2.69 bits per heavy atom. The quantitative estimate of drug-likeness (QED) is 0.840. The molecule has 5 heteroatoms. The van der Waals surface area contributed by atoms with E-state index in [1.165, 1.54) is 6.26 Å². The van der Waals surface area contributed by atoms with Crippen molar-refractivity contribution in [3.05, 3.63) is 30.0 Å². The SMILES string of the molecule is CS(=O)(=O)c1ccc2cc(CCN)[nH]c2c1. The third kappa shape index (κ3) is 2.10. The lowest BCUT2D eigenvalue weighted by Gasteiger charge is -1.97. The Hall–Kier alpha value is -1.33. The van der Waals surface area contributed by atoms with Gasteiger partial charge in [-0.15, -0.1) is 0 Å². The van der Waals surface area contributed by atoms with Crippen LogP contribution in [-0.2, 0) is 16.3 Å². The van der Waals surface area contributed by atoms with Crippen molar-refractivity contribution < 1.29 is 8.42 Å². The second kappa shape index (κ2) is 3.92. The highest BCUT2D eigenvalue weighted by Gasteiger charge is 2.08. The van der Waals surface area contributed by atoms with Crippen molar-refractivity contribution in [2.75, 3.05) is 12.8 Å². The van der Waals surface area contributed by atoms with E-state index in [9.17, 15) is 8.42 Å². The minimum Gasteiger partial charge on any atom is -0.358 e. The average Bonchev–Trinajstić information content (AvgIpc) is 2.57. The first kappa shape index (κ1) is 11.2. The van der Waals surface area contributed by atoms with Gasteiger partial charge in [0, 0.05) is 17.5 Å². The Balaban J connectivity index is 2.54. The molecular weight excluding hydrogens is 224 g/mol. The maximum atomic E-state index is 11.4. The lowest BCUT2D eigenvalue weighted by Crippen LogP contribution is -2.02. The summed E-state index contributed by atoms with van der Waals surface area (Å²) >= 11 is 0. The number of benzene rings is 1. The molecule has 0 spiro atoms. The molecule has 0 aliphatic heterocycles. The number of fused-ring (bicyclic) bond motifs is 1. The van der Waals surface area contributed by atoms with Crippen LogP contribution in [0.15, 0.2) is 29.2 Å². The fourth-order valence-corrected chi connectivity index (χ4v) is 2.33. The van der Waals surface area contributed by atoms with Crippen molar-refractivity contribution in [2.24, 2.45) is 5.73 Å². The minimum absolute atomic E-state index is 0.334. The molecule has 0 fully saturated rings. The maximum Gasteiger partial charge on any atom is 0.175 e. The summed E-state index contributed by atoms with van der Waals surface area (Å²) in [6.45, 7) is 0.575. The molecule has 86 valence electrons. The predicted octanol–water partition coefficient (Wildman–Crippen LogP) is 1.07. The van der Waals surface area contributed by atoms with Gasteiger partial charge >= 0.3 is 0 Å². The zero-order valence-electron chi connectivity index (χ0n) is 9.03. The summed E-state index contributed by atoms with van der Waals surface area (Å²) in [6, 6.07) is 7.08. The zero-order chi connectivity index (χ0) is 11.8. The number of aromatic amines is 1. The van der Waals surface area contributed by atoms with E-state index in [0.717, 1.165) is 23.0 Å². The minimum atomic E-state index is -3.14. The van der Waals surface area contributed by atoms with E-state index in [1.807, 2.05) is 12.1 Å². The Bertz CT molecular complexity index is 614. The van der Waals surface area contributed by atoms with Gasteiger partial charge in [0.05, 0.1) is 4.90 Å². The van der Waals surface area contributed by atoms with Gasteiger partial charge in [0.2, 0.25) is 0 Å². The van der Waals surface area contributed by atoms with Crippen LogP contribution in [0.25, 0.3) is 10.9 Å². The van der Waals surface area contributed by atoms with Crippen molar-refractivity contribution in [1.29, 1.82) is 0 Å². The Labute approximate surface area is 94.4 Å². The van der Waals surface area contributed by atoms with E-state index in [-0.39, 0.29) is 0 Å². The summed E-state index contributed by atoms with van der Waals surface area (Å²) < 4.78 is 22.8. The molecule has 1 heterocycles. The topological polar surface area (TPSA) is 75.9 Å². The first-order valence-electron chi connectivity index (χ1n) is 5.02. The van der Waals surface area contributed by atoms with E-state index in [1.54, 1.807) is 12.1 Å². The maximum absolute atomic E-state index is 11.4. The smallest absolute Gasteiger partial charge is 0.175 e. The molecule has 2 aromatic rings. The molecule has 0 amide bonds. The first-order chi connectivity index (χ1) is 7.50. The van der Waals surface area contributed by atoms with Crippen LogP contribution in [0, 0.1) is 0 Å². The van der Waals surface area contributed by atoms with Crippen molar-refractivity contribution in [3.63, 3.8) is 0 Å². The van der Waals surface area contributed by atoms with Crippen LogP contribution in [0.4, 0.5) is 0 Å². The molecule has 0 atom stereocenters. The molecule has 0 bridgehead atoms. The molecule has 4 nitrogen and oxygen atoms in total. The van der Waals surface area contributed by atoms with Crippen LogP contribution >= 0.6 is 0 Å². The number of hydrogen-bond donors (Lipinski definition) is 2. The molecule has 0 aliphatic rings. The summed E-state index contributed by atoms with van der Waals surface area (Å²) in [5.74, 6) is 0. The second-order valence-corrected chi connectivity index (χ2v) is 5.87. The fraction of sp³-hybridized carbons (Fsp3) is 0.273. The summed E-state index contributed by atoms with van der Waals surface area (Å²) in [5, 5.41) is 1.01. The largest absolute Gasteiger partial charge is 0.358 e. The number of nitrogens with one attached hydrogen (secondary N) is 1. The van der Waals surface area contributed by atoms with Crippen LogP contribution in [-0.4, -0.2) is 26.2 Å². The number of sulfone groups is 1. The highest BCUT2D eigenvalue weighted by Crippen LogP contribution is 2.19. The molecule has 16 heavy (non-hydrogen) atoms. The van der Waals surface area contributed by atoms with Gasteiger partial charge in [-0.3, -0.25) is 0 Å². The van der Waals surface area contributed by atoms with Gasteiger partial charge in [0.15, 0.2) is 9.84 Å². The molecule has 1 aromatic heterocycles.